The van der Waals surface area contributed by atoms with E-state index in [1.165, 1.54) is 43.1 Å². The highest BCUT2D eigenvalue weighted by atomic mass is 32.2. The Hall–Kier alpha value is -3.73. The second-order valence-electron chi connectivity index (χ2n) is 6.38. The fraction of sp³-hybridized carbons (Fsp3) is 0.200. The summed E-state index contributed by atoms with van der Waals surface area (Å²) < 4.78 is 10.3. The standard InChI is InChI=1S/C20H18N4O6S/c1-12-10-14(23-30-12)11-31-19-15(6-5-9-21-19)20(26)29-13(2)18(25)22-16-7-3-4-8-17(16)24(27)28/h3-10,13H,11H2,1-2H3,(H,22,25). The van der Waals surface area contributed by atoms with Crippen LogP contribution < -0.4 is 5.32 Å². The van der Waals surface area contributed by atoms with E-state index in [1.54, 1.807) is 31.2 Å². The summed E-state index contributed by atoms with van der Waals surface area (Å²) in [4.78, 5) is 39.7. The molecule has 1 N–H and O–H groups in total. The summed E-state index contributed by atoms with van der Waals surface area (Å²) in [6.07, 6.45) is 0.348. The first kappa shape index (κ1) is 22.0. The molecule has 3 aromatic rings. The van der Waals surface area contributed by atoms with Gasteiger partial charge in [-0.2, -0.15) is 0 Å². The van der Waals surface area contributed by atoms with E-state index >= 15 is 0 Å². The quantitative estimate of drug-likeness (QED) is 0.239. The molecule has 0 fully saturated rings. The number of nitro benzene ring substituents is 1. The van der Waals surface area contributed by atoms with Gasteiger partial charge in [-0.3, -0.25) is 14.9 Å². The van der Waals surface area contributed by atoms with Crippen LogP contribution in [0.2, 0.25) is 0 Å². The lowest BCUT2D eigenvalue weighted by molar-refractivity contribution is -0.383. The summed E-state index contributed by atoms with van der Waals surface area (Å²) in [6, 6.07) is 10.6. The Morgan fingerprint density at radius 1 is 1.29 bits per heavy atom. The number of hydrogen-bond donors (Lipinski definition) is 1. The minimum absolute atomic E-state index is 0.0147. The van der Waals surface area contributed by atoms with Crippen molar-refractivity contribution in [3.05, 3.63) is 75.8 Å². The number of pyridine rings is 1. The van der Waals surface area contributed by atoms with E-state index in [0.29, 0.717) is 22.2 Å². The molecule has 11 heteroatoms. The molecule has 0 radical (unpaired) electrons. The number of para-hydroxylation sites is 2. The predicted molar refractivity (Wildman–Crippen MR) is 112 cm³/mol. The smallest absolute Gasteiger partial charge is 0.341 e. The average molecular weight is 442 g/mol. The molecular formula is C20H18N4O6S. The lowest BCUT2D eigenvalue weighted by atomic mass is 10.2. The number of nitrogens with zero attached hydrogens (tertiary/aromatic N) is 3. The van der Waals surface area contributed by atoms with Crippen LogP contribution in [0, 0.1) is 17.0 Å². The molecule has 0 aliphatic rings. The van der Waals surface area contributed by atoms with Crippen molar-refractivity contribution in [3.63, 3.8) is 0 Å². The molecule has 2 aromatic heterocycles. The van der Waals surface area contributed by atoms with Gasteiger partial charge in [0.05, 0.1) is 16.2 Å². The third-order valence-corrected chi connectivity index (χ3v) is 5.08. The number of aromatic nitrogens is 2. The molecule has 1 unspecified atom stereocenters. The highest BCUT2D eigenvalue weighted by Crippen LogP contribution is 2.26. The number of ether oxygens (including phenoxy) is 1. The van der Waals surface area contributed by atoms with Gasteiger partial charge in [0.15, 0.2) is 6.10 Å². The molecule has 0 aliphatic carbocycles. The molecule has 0 spiro atoms. The molecule has 0 saturated carbocycles. The Bertz CT molecular complexity index is 1120. The van der Waals surface area contributed by atoms with Crippen molar-refractivity contribution in [1.82, 2.24) is 10.1 Å². The van der Waals surface area contributed by atoms with Crippen LogP contribution in [0.3, 0.4) is 0 Å². The number of rotatable bonds is 8. The summed E-state index contributed by atoms with van der Waals surface area (Å²) >= 11 is 1.28. The molecule has 160 valence electrons. The summed E-state index contributed by atoms with van der Waals surface area (Å²) in [5, 5.41) is 17.8. The van der Waals surface area contributed by atoms with Crippen LogP contribution in [0.1, 0.15) is 28.7 Å². The normalized spacial score (nSPS) is 11.5. The number of nitrogens with one attached hydrogen (secondary N) is 1. The van der Waals surface area contributed by atoms with Crippen LogP contribution in [0.15, 0.2) is 58.2 Å². The first-order chi connectivity index (χ1) is 14.8. The van der Waals surface area contributed by atoms with E-state index in [-0.39, 0.29) is 16.9 Å². The molecule has 31 heavy (non-hydrogen) atoms. The summed E-state index contributed by atoms with van der Waals surface area (Å²) in [7, 11) is 0. The van der Waals surface area contributed by atoms with Crippen molar-refractivity contribution >= 4 is 35.0 Å². The predicted octanol–water partition coefficient (Wildman–Crippen LogP) is 3.76. The molecular weight excluding hydrogens is 424 g/mol. The highest BCUT2D eigenvalue weighted by molar-refractivity contribution is 7.98. The zero-order chi connectivity index (χ0) is 22.4. The topological polar surface area (TPSA) is 137 Å². The first-order valence-electron chi connectivity index (χ1n) is 9.10. The first-order valence-corrected chi connectivity index (χ1v) is 10.1. The third kappa shape index (κ3) is 5.66. The summed E-state index contributed by atoms with van der Waals surface area (Å²) in [5.41, 5.74) is 0.645. The molecule has 10 nitrogen and oxygen atoms in total. The highest BCUT2D eigenvalue weighted by Gasteiger charge is 2.24. The van der Waals surface area contributed by atoms with Gasteiger partial charge in [-0.1, -0.05) is 29.1 Å². The molecule has 2 heterocycles. The van der Waals surface area contributed by atoms with Crippen molar-refractivity contribution in [1.29, 1.82) is 0 Å². The number of carbonyl (C=O) groups is 2. The van der Waals surface area contributed by atoms with Gasteiger partial charge in [0, 0.05) is 24.1 Å². The number of esters is 1. The molecule has 0 bridgehead atoms. The number of hydrogen-bond acceptors (Lipinski definition) is 9. The second kappa shape index (κ2) is 9.85. The monoisotopic (exact) mass is 442 g/mol. The van der Waals surface area contributed by atoms with Gasteiger partial charge >= 0.3 is 5.97 Å². The Kier molecular flexibility index (Phi) is 6.98. The van der Waals surface area contributed by atoms with Crippen LogP contribution in [0.5, 0.6) is 0 Å². The van der Waals surface area contributed by atoms with E-state index in [9.17, 15) is 19.7 Å². The van der Waals surface area contributed by atoms with E-state index in [2.05, 4.69) is 15.5 Å². The molecule has 1 amide bonds. The zero-order valence-corrected chi connectivity index (χ0v) is 17.4. The minimum atomic E-state index is -1.19. The fourth-order valence-corrected chi connectivity index (χ4v) is 3.40. The van der Waals surface area contributed by atoms with Crippen LogP contribution in [-0.2, 0) is 15.3 Å². The van der Waals surface area contributed by atoms with Crippen LogP contribution in [0.4, 0.5) is 11.4 Å². The zero-order valence-electron chi connectivity index (χ0n) is 16.6. The third-order valence-electron chi connectivity index (χ3n) is 4.04. The Balaban J connectivity index is 1.66. The van der Waals surface area contributed by atoms with Gasteiger partial charge in [-0.15, -0.1) is 0 Å². The maximum atomic E-state index is 12.6. The van der Waals surface area contributed by atoms with E-state index in [0.717, 1.165) is 0 Å². The number of nitro groups is 1. The van der Waals surface area contributed by atoms with Gasteiger partial charge in [0.2, 0.25) is 0 Å². The lowest BCUT2D eigenvalue weighted by Gasteiger charge is -2.14. The van der Waals surface area contributed by atoms with Crippen LogP contribution >= 0.6 is 11.8 Å². The minimum Gasteiger partial charge on any atom is -0.449 e. The van der Waals surface area contributed by atoms with Crippen LogP contribution in [-0.4, -0.2) is 33.0 Å². The van der Waals surface area contributed by atoms with Crippen molar-refractivity contribution in [2.75, 3.05) is 5.32 Å². The SMILES string of the molecule is Cc1cc(CSc2ncccc2C(=O)OC(C)C(=O)Nc2ccccc2[N+](=O)[O-])no1. The van der Waals surface area contributed by atoms with Crippen molar-refractivity contribution in [2.45, 2.75) is 30.7 Å². The van der Waals surface area contributed by atoms with Gasteiger partial charge in [-0.05, 0) is 32.0 Å². The van der Waals surface area contributed by atoms with Crippen molar-refractivity contribution < 1.29 is 23.8 Å². The average Bonchev–Trinajstić information content (AvgIpc) is 3.17. The number of amides is 1. The van der Waals surface area contributed by atoms with Crippen molar-refractivity contribution in [2.24, 2.45) is 0 Å². The van der Waals surface area contributed by atoms with Gasteiger partial charge < -0.3 is 14.6 Å². The van der Waals surface area contributed by atoms with E-state index in [4.69, 9.17) is 9.26 Å². The maximum Gasteiger partial charge on any atom is 0.341 e. The van der Waals surface area contributed by atoms with E-state index in [1.807, 2.05) is 0 Å². The largest absolute Gasteiger partial charge is 0.449 e. The van der Waals surface area contributed by atoms with Gasteiger partial charge in [-0.25, -0.2) is 9.78 Å². The summed E-state index contributed by atoms with van der Waals surface area (Å²) in [6.45, 7) is 3.16. The fourth-order valence-electron chi connectivity index (χ4n) is 2.54. The Morgan fingerprint density at radius 2 is 2.06 bits per heavy atom. The number of aryl methyl sites for hydroxylation is 1. The Labute approximate surface area is 181 Å². The van der Waals surface area contributed by atoms with E-state index < -0.39 is 22.9 Å². The summed E-state index contributed by atoms with van der Waals surface area (Å²) in [5.74, 6) is -0.326. The Morgan fingerprint density at radius 3 is 2.77 bits per heavy atom. The molecule has 0 aliphatic heterocycles. The van der Waals surface area contributed by atoms with Crippen LogP contribution in [0.25, 0.3) is 0 Å². The number of anilines is 1. The van der Waals surface area contributed by atoms with Gasteiger partial charge in [0.25, 0.3) is 11.6 Å². The molecule has 1 atom stereocenters. The molecule has 1 aromatic carbocycles. The molecule has 3 rings (SSSR count). The molecule has 0 saturated heterocycles. The maximum absolute atomic E-state index is 12.6. The number of benzene rings is 1. The second-order valence-corrected chi connectivity index (χ2v) is 7.35. The number of thioether (sulfide) groups is 1. The van der Waals surface area contributed by atoms with Crippen molar-refractivity contribution in [3.8, 4) is 0 Å². The van der Waals surface area contributed by atoms with Gasteiger partial charge in [0.1, 0.15) is 16.5 Å². The lowest BCUT2D eigenvalue weighted by Crippen LogP contribution is -2.30. The number of carbonyl (C=O) groups excluding carboxylic acids is 2.